The van der Waals surface area contributed by atoms with E-state index in [1.54, 1.807) is 0 Å². The van der Waals surface area contributed by atoms with Crippen LogP contribution >= 0.6 is 15.9 Å². The number of rotatable bonds is 1. The van der Waals surface area contributed by atoms with E-state index in [1.165, 1.54) is 0 Å². The highest BCUT2D eigenvalue weighted by Crippen LogP contribution is 2.36. The highest BCUT2D eigenvalue weighted by Gasteiger charge is 2.27. The molecule has 2 rings (SSSR count). The van der Waals surface area contributed by atoms with Gasteiger partial charge in [-0.3, -0.25) is 0 Å². The number of nitrogens with two attached hydrogens (primary N) is 1. The van der Waals surface area contributed by atoms with Crippen LogP contribution in [0.15, 0.2) is 22.7 Å². The lowest BCUT2D eigenvalue weighted by Crippen LogP contribution is -2.33. The fourth-order valence-electron chi connectivity index (χ4n) is 1.91. The molecule has 15 heavy (non-hydrogen) atoms. The predicted molar refractivity (Wildman–Crippen MR) is 64.9 cm³/mol. The number of hydrogen-bond acceptors (Lipinski definition) is 2. The van der Waals surface area contributed by atoms with Crippen molar-refractivity contribution in [2.24, 2.45) is 11.7 Å². The maximum atomic E-state index is 6.13. The molecule has 1 heterocycles. The van der Waals surface area contributed by atoms with Crippen LogP contribution in [0.1, 0.15) is 31.9 Å². The summed E-state index contributed by atoms with van der Waals surface area (Å²) in [5.41, 5.74) is 7.25. The number of hydrogen-bond donors (Lipinski definition) is 1. The molecule has 0 bridgehead atoms. The van der Waals surface area contributed by atoms with E-state index in [4.69, 9.17) is 10.5 Å². The van der Waals surface area contributed by atoms with Crippen LogP contribution in [0.3, 0.4) is 0 Å². The third-order valence-corrected chi connectivity index (χ3v) is 3.38. The Morgan fingerprint density at radius 3 is 2.87 bits per heavy atom. The van der Waals surface area contributed by atoms with Crippen LogP contribution in [-0.4, -0.2) is 6.10 Å². The fraction of sp³-hybridized carbons (Fsp3) is 0.500. The molecule has 0 fully saturated rings. The topological polar surface area (TPSA) is 35.2 Å². The average Bonchev–Trinajstić information content (AvgIpc) is 2.16. The zero-order chi connectivity index (χ0) is 11.0. The van der Waals surface area contributed by atoms with Crippen LogP contribution in [0.25, 0.3) is 0 Å². The van der Waals surface area contributed by atoms with Crippen molar-refractivity contribution >= 4 is 15.9 Å². The van der Waals surface area contributed by atoms with Gasteiger partial charge in [0.15, 0.2) is 0 Å². The van der Waals surface area contributed by atoms with Crippen LogP contribution in [0.5, 0.6) is 5.75 Å². The molecular formula is C12H16BrNO. The monoisotopic (exact) mass is 269 g/mol. The van der Waals surface area contributed by atoms with E-state index in [1.807, 2.05) is 18.2 Å². The third kappa shape index (κ3) is 2.18. The van der Waals surface area contributed by atoms with Crippen LogP contribution in [0.2, 0.25) is 0 Å². The summed E-state index contributed by atoms with van der Waals surface area (Å²) in [6.45, 7) is 4.33. The van der Waals surface area contributed by atoms with E-state index in [2.05, 4.69) is 29.8 Å². The van der Waals surface area contributed by atoms with Gasteiger partial charge in [0.05, 0.1) is 0 Å². The Hall–Kier alpha value is -0.540. The van der Waals surface area contributed by atoms with Gasteiger partial charge in [-0.1, -0.05) is 35.8 Å². The van der Waals surface area contributed by atoms with E-state index in [-0.39, 0.29) is 12.1 Å². The first-order chi connectivity index (χ1) is 7.08. The molecule has 1 aliphatic rings. The summed E-state index contributed by atoms with van der Waals surface area (Å²) in [6.07, 6.45) is 1.15. The second-order valence-corrected chi connectivity index (χ2v) is 5.34. The van der Waals surface area contributed by atoms with Gasteiger partial charge in [-0.2, -0.15) is 0 Å². The molecule has 0 saturated heterocycles. The van der Waals surface area contributed by atoms with E-state index in [9.17, 15) is 0 Å². The van der Waals surface area contributed by atoms with Gasteiger partial charge in [-0.15, -0.1) is 0 Å². The van der Waals surface area contributed by atoms with E-state index < -0.39 is 0 Å². The predicted octanol–water partition coefficient (Wildman–Crippen LogP) is 3.26. The second-order valence-electron chi connectivity index (χ2n) is 4.42. The lowest BCUT2D eigenvalue weighted by Gasteiger charge is -2.32. The Morgan fingerprint density at radius 1 is 1.47 bits per heavy atom. The highest BCUT2D eigenvalue weighted by atomic mass is 79.9. The highest BCUT2D eigenvalue weighted by molar-refractivity contribution is 9.10. The molecule has 1 aromatic carbocycles. The number of ether oxygens (including phenoxy) is 1. The van der Waals surface area contributed by atoms with Crippen molar-refractivity contribution in [3.8, 4) is 5.75 Å². The lowest BCUT2D eigenvalue weighted by atomic mass is 9.92. The SMILES string of the molecule is CC(C)C1C[C@H](N)c2ccc(Br)cc2O1. The Bertz CT molecular complexity index is 365. The second kappa shape index (κ2) is 4.14. The minimum absolute atomic E-state index is 0.106. The molecule has 1 aromatic rings. The van der Waals surface area contributed by atoms with Gasteiger partial charge in [-0.05, 0) is 18.1 Å². The van der Waals surface area contributed by atoms with Crippen molar-refractivity contribution in [1.29, 1.82) is 0 Å². The molecule has 3 heteroatoms. The Morgan fingerprint density at radius 2 is 2.20 bits per heavy atom. The molecular weight excluding hydrogens is 254 g/mol. The van der Waals surface area contributed by atoms with E-state index in [0.717, 1.165) is 22.2 Å². The van der Waals surface area contributed by atoms with Crippen LogP contribution in [0, 0.1) is 5.92 Å². The van der Waals surface area contributed by atoms with Gasteiger partial charge in [0, 0.05) is 22.5 Å². The minimum Gasteiger partial charge on any atom is -0.490 e. The van der Waals surface area contributed by atoms with Gasteiger partial charge < -0.3 is 10.5 Å². The van der Waals surface area contributed by atoms with Crippen molar-refractivity contribution < 1.29 is 4.74 Å². The summed E-state index contributed by atoms with van der Waals surface area (Å²) in [6, 6.07) is 6.16. The third-order valence-electron chi connectivity index (χ3n) is 2.88. The first-order valence-corrected chi connectivity index (χ1v) is 6.09. The van der Waals surface area contributed by atoms with Crippen LogP contribution in [0.4, 0.5) is 0 Å². The molecule has 2 N–H and O–H groups in total. The summed E-state index contributed by atoms with van der Waals surface area (Å²) >= 11 is 3.45. The van der Waals surface area contributed by atoms with Crippen molar-refractivity contribution in [3.63, 3.8) is 0 Å². The molecule has 2 atom stereocenters. The summed E-state index contributed by atoms with van der Waals surface area (Å²) < 4.78 is 6.97. The standard InChI is InChI=1S/C12H16BrNO/c1-7(2)11-6-10(14)9-4-3-8(13)5-12(9)15-11/h3-5,7,10-11H,6,14H2,1-2H3/t10-,11?/m0/s1. The molecule has 0 radical (unpaired) electrons. The maximum absolute atomic E-state index is 6.13. The molecule has 1 unspecified atom stereocenters. The summed E-state index contributed by atoms with van der Waals surface area (Å²) in [4.78, 5) is 0. The summed E-state index contributed by atoms with van der Waals surface area (Å²) in [5.74, 6) is 1.44. The van der Waals surface area contributed by atoms with Gasteiger partial charge in [-0.25, -0.2) is 0 Å². The largest absolute Gasteiger partial charge is 0.490 e. The summed E-state index contributed by atoms with van der Waals surface area (Å²) in [5, 5.41) is 0. The molecule has 0 spiro atoms. The van der Waals surface area contributed by atoms with E-state index >= 15 is 0 Å². The van der Waals surface area contributed by atoms with Crippen LogP contribution in [-0.2, 0) is 0 Å². The molecule has 2 nitrogen and oxygen atoms in total. The van der Waals surface area contributed by atoms with Crippen molar-refractivity contribution in [3.05, 3.63) is 28.2 Å². The summed E-state index contributed by atoms with van der Waals surface area (Å²) in [7, 11) is 0. The molecule has 82 valence electrons. The van der Waals surface area contributed by atoms with Gasteiger partial charge in [0.1, 0.15) is 11.9 Å². The molecule has 0 aromatic heterocycles. The maximum Gasteiger partial charge on any atom is 0.125 e. The zero-order valence-corrected chi connectivity index (χ0v) is 10.6. The van der Waals surface area contributed by atoms with E-state index in [0.29, 0.717) is 5.92 Å². The van der Waals surface area contributed by atoms with Crippen molar-refractivity contribution in [2.45, 2.75) is 32.4 Å². The van der Waals surface area contributed by atoms with Gasteiger partial charge in [0.25, 0.3) is 0 Å². The molecule has 0 amide bonds. The fourth-order valence-corrected chi connectivity index (χ4v) is 2.25. The Kier molecular flexibility index (Phi) is 3.03. The smallest absolute Gasteiger partial charge is 0.125 e. The lowest BCUT2D eigenvalue weighted by molar-refractivity contribution is 0.115. The quantitative estimate of drug-likeness (QED) is 0.850. The number of fused-ring (bicyclic) bond motifs is 1. The first-order valence-electron chi connectivity index (χ1n) is 5.29. The average molecular weight is 270 g/mol. The van der Waals surface area contributed by atoms with Gasteiger partial charge >= 0.3 is 0 Å². The Labute approximate surface area is 98.9 Å². The van der Waals surface area contributed by atoms with Crippen molar-refractivity contribution in [1.82, 2.24) is 0 Å². The molecule has 0 saturated carbocycles. The Balaban J connectivity index is 2.33. The first kappa shape index (κ1) is 11.0. The number of halogens is 1. The minimum atomic E-state index is 0.106. The molecule has 1 aliphatic heterocycles. The normalized spacial score (nSPS) is 24.9. The van der Waals surface area contributed by atoms with Crippen molar-refractivity contribution in [2.75, 3.05) is 0 Å². The van der Waals surface area contributed by atoms with Gasteiger partial charge in [0.2, 0.25) is 0 Å². The molecule has 0 aliphatic carbocycles. The van der Waals surface area contributed by atoms with Crippen LogP contribution < -0.4 is 10.5 Å². The zero-order valence-electron chi connectivity index (χ0n) is 9.03. The number of benzene rings is 1.